The molecule has 0 spiro atoms. The zero-order chi connectivity index (χ0) is 12.5. The number of rotatable bonds is 2. The maximum absolute atomic E-state index is 13.2. The van der Waals surface area contributed by atoms with Gasteiger partial charge >= 0.3 is 0 Å². The number of halogens is 2. The number of oxazole rings is 1. The maximum Gasteiger partial charge on any atom is 0.198 e. The molecule has 6 heteroatoms. The van der Waals surface area contributed by atoms with E-state index in [2.05, 4.69) is 10.3 Å². The van der Waals surface area contributed by atoms with Crippen LogP contribution < -0.4 is 5.32 Å². The van der Waals surface area contributed by atoms with Crippen molar-refractivity contribution in [2.45, 2.75) is 12.5 Å². The molecule has 0 aliphatic carbocycles. The van der Waals surface area contributed by atoms with Crippen LogP contribution in [-0.4, -0.2) is 30.8 Å². The summed E-state index contributed by atoms with van der Waals surface area (Å²) < 4.78 is 24.3. The number of ether oxygens (including phenoxy) is 1. The van der Waals surface area contributed by atoms with Crippen LogP contribution in [0.2, 0.25) is 5.02 Å². The number of aromatic nitrogens is 1. The van der Waals surface area contributed by atoms with Crippen LogP contribution in [0, 0.1) is 5.82 Å². The quantitative estimate of drug-likeness (QED) is 0.908. The molecule has 1 aliphatic rings. The lowest BCUT2D eigenvalue weighted by atomic mass is 10.2. The number of fused-ring (bicyclic) bond motifs is 1. The van der Waals surface area contributed by atoms with Crippen LogP contribution in [0.25, 0.3) is 11.1 Å². The van der Waals surface area contributed by atoms with E-state index < -0.39 is 5.82 Å². The molecule has 1 unspecified atom stereocenters. The molecule has 3 rings (SSSR count). The van der Waals surface area contributed by atoms with Crippen LogP contribution in [0.5, 0.6) is 0 Å². The minimum Gasteiger partial charge on any atom is -0.439 e. The molecule has 1 aliphatic heterocycles. The van der Waals surface area contributed by atoms with Crippen LogP contribution in [0.4, 0.5) is 4.39 Å². The van der Waals surface area contributed by atoms with E-state index in [1.165, 1.54) is 12.1 Å². The lowest BCUT2D eigenvalue weighted by Gasteiger charge is -2.22. The van der Waals surface area contributed by atoms with Gasteiger partial charge in [0.15, 0.2) is 11.5 Å². The Labute approximate surface area is 108 Å². The summed E-state index contributed by atoms with van der Waals surface area (Å²) in [7, 11) is 0. The van der Waals surface area contributed by atoms with Crippen molar-refractivity contribution in [3.05, 3.63) is 28.9 Å². The Morgan fingerprint density at radius 1 is 1.50 bits per heavy atom. The summed E-state index contributed by atoms with van der Waals surface area (Å²) in [6.07, 6.45) is 0.593. The summed E-state index contributed by atoms with van der Waals surface area (Å²) >= 11 is 5.90. The largest absolute Gasteiger partial charge is 0.439 e. The highest BCUT2D eigenvalue weighted by Crippen LogP contribution is 2.26. The van der Waals surface area contributed by atoms with E-state index in [4.69, 9.17) is 20.8 Å². The van der Waals surface area contributed by atoms with Gasteiger partial charge in [-0.1, -0.05) is 11.6 Å². The van der Waals surface area contributed by atoms with Gasteiger partial charge in [-0.3, -0.25) is 0 Å². The second-order valence-electron chi connectivity index (χ2n) is 4.24. The van der Waals surface area contributed by atoms with Crippen LogP contribution >= 0.6 is 11.6 Å². The fraction of sp³-hybridized carbons (Fsp3) is 0.417. The molecule has 0 amide bonds. The molecule has 1 saturated heterocycles. The average molecular weight is 271 g/mol. The van der Waals surface area contributed by atoms with Gasteiger partial charge in [-0.05, 0) is 6.07 Å². The summed E-state index contributed by atoms with van der Waals surface area (Å²) in [5.41, 5.74) is 0.871. The molecule has 0 radical (unpaired) electrons. The van der Waals surface area contributed by atoms with Crippen molar-refractivity contribution in [2.75, 3.05) is 19.7 Å². The van der Waals surface area contributed by atoms with Crippen LogP contribution in [0.3, 0.4) is 0 Å². The molecule has 2 aromatic rings. The van der Waals surface area contributed by atoms with Crippen molar-refractivity contribution in [3.63, 3.8) is 0 Å². The highest BCUT2D eigenvalue weighted by atomic mass is 35.5. The molecule has 1 aromatic carbocycles. The molecule has 1 aromatic heterocycles. The third-order valence-electron chi connectivity index (χ3n) is 2.86. The van der Waals surface area contributed by atoms with E-state index in [1.54, 1.807) is 0 Å². The summed E-state index contributed by atoms with van der Waals surface area (Å²) in [5, 5.41) is 3.47. The summed E-state index contributed by atoms with van der Waals surface area (Å²) in [6, 6.07) is 2.53. The van der Waals surface area contributed by atoms with Gasteiger partial charge in [-0.2, -0.15) is 0 Å². The highest BCUT2D eigenvalue weighted by Gasteiger charge is 2.18. The number of hydrogen-bond donors (Lipinski definition) is 1. The number of hydrogen-bond acceptors (Lipinski definition) is 4. The highest BCUT2D eigenvalue weighted by molar-refractivity contribution is 6.34. The van der Waals surface area contributed by atoms with Crippen molar-refractivity contribution >= 4 is 22.7 Å². The predicted octanol–water partition coefficient (Wildman–Crippen LogP) is 2.15. The maximum atomic E-state index is 13.2. The van der Waals surface area contributed by atoms with Gasteiger partial charge < -0.3 is 14.5 Å². The number of nitrogens with zero attached hydrogens (tertiary/aromatic N) is 1. The Bertz CT molecular complexity index is 566. The van der Waals surface area contributed by atoms with Gasteiger partial charge in [0.25, 0.3) is 0 Å². The molecule has 1 N–H and O–H groups in total. The minimum atomic E-state index is -0.414. The summed E-state index contributed by atoms with van der Waals surface area (Å²) in [5.74, 6) is 0.106. The number of nitrogens with one attached hydrogen (secondary N) is 1. The standard InChI is InChI=1S/C12H12ClFN2O2/c13-9-3-7(14)4-10-12(9)18-11(16-10)5-8-6-15-1-2-17-8/h3-4,8,15H,1-2,5-6H2. The number of benzene rings is 1. The van der Waals surface area contributed by atoms with Crippen molar-refractivity contribution in [3.8, 4) is 0 Å². The third-order valence-corrected chi connectivity index (χ3v) is 3.14. The topological polar surface area (TPSA) is 47.3 Å². The van der Waals surface area contributed by atoms with E-state index in [0.29, 0.717) is 30.0 Å². The fourth-order valence-corrected chi connectivity index (χ4v) is 2.28. The second-order valence-corrected chi connectivity index (χ2v) is 4.65. The first-order valence-corrected chi connectivity index (χ1v) is 6.17. The number of morpholine rings is 1. The van der Waals surface area contributed by atoms with Gasteiger partial charge in [-0.15, -0.1) is 0 Å². The average Bonchev–Trinajstić information content (AvgIpc) is 2.73. The molecule has 1 atom stereocenters. The third kappa shape index (κ3) is 2.34. The Morgan fingerprint density at radius 2 is 2.39 bits per heavy atom. The van der Waals surface area contributed by atoms with E-state index in [9.17, 15) is 4.39 Å². The molecule has 2 heterocycles. The van der Waals surface area contributed by atoms with Crippen LogP contribution in [-0.2, 0) is 11.2 Å². The first-order valence-electron chi connectivity index (χ1n) is 5.79. The molecular formula is C12H12ClFN2O2. The Morgan fingerprint density at radius 3 is 3.17 bits per heavy atom. The Kier molecular flexibility index (Phi) is 3.20. The molecule has 18 heavy (non-hydrogen) atoms. The van der Waals surface area contributed by atoms with Crippen molar-refractivity contribution in [2.24, 2.45) is 0 Å². The molecule has 1 fully saturated rings. The van der Waals surface area contributed by atoms with Gasteiger partial charge in [0.05, 0.1) is 24.2 Å². The monoisotopic (exact) mass is 270 g/mol. The molecule has 0 bridgehead atoms. The minimum absolute atomic E-state index is 0.0374. The van der Waals surface area contributed by atoms with Crippen LogP contribution in [0.1, 0.15) is 5.89 Å². The second kappa shape index (κ2) is 4.84. The van der Waals surface area contributed by atoms with Crippen molar-refractivity contribution < 1.29 is 13.5 Å². The first-order chi connectivity index (χ1) is 8.72. The van der Waals surface area contributed by atoms with Gasteiger partial charge in [0.2, 0.25) is 0 Å². The van der Waals surface area contributed by atoms with Gasteiger partial charge in [0, 0.05) is 19.2 Å². The molecule has 0 saturated carbocycles. The van der Waals surface area contributed by atoms with Crippen molar-refractivity contribution in [1.82, 2.24) is 10.3 Å². The molecule has 96 valence electrons. The van der Waals surface area contributed by atoms with E-state index in [0.717, 1.165) is 13.1 Å². The van der Waals surface area contributed by atoms with Gasteiger partial charge in [-0.25, -0.2) is 9.37 Å². The summed E-state index contributed by atoms with van der Waals surface area (Å²) in [6.45, 7) is 2.31. The zero-order valence-electron chi connectivity index (χ0n) is 9.58. The normalized spacial score (nSPS) is 20.4. The molecular weight excluding hydrogens is 259 g/mol. The molecule has 4 nitrogen and oxygen atoms in total. The lowest BCUT2D eigenvalue weighted by Crippen LogP contribution is -2.39. The SMILES string of the molecule is Fc1cc(Cl)c2oc(CC3CNCCO3)nc2c1. The summed E-state index contributed by atoms with van der Waals surface area (Å²) in [4.78, 5) is 4.23. The lowest BCUT2D eigenvalue weighted by molar-refractivity contribution is 0.0257. The van der Waals surface area contributed by atoms with Crippen LogP contribution in [0.15, 0.2) is 16.5 Å². The van der Waals surface area contributed by atoms with E-state index in [1.807, 2.05) is 0 Å². The van der Waals surface area contributed by atoms with Crippen molar-refractivity contribution in [1.29, 1.82) is 0 Å². The smallest absolute Gasteiger partial charge is 0.198 e. The van der Waals surface area contributed by atoms with Gasteiger partial charge in [0.1, 0.15) is 11.3 Å². The van der Waals surface area contributed by atoms with E-state index >= 15 is 0 Å². The fourth-order valence-electron chi connectivity index (χ4n) is 2.04. The predicted molar refractivity (Wildman–Crippen MR) is 65.3 cm³/mol. The zero-order valence-corrected chi connectivity index (χ0v) is 10.3. The Hall–Kier alpha value is -1.17. The first kappa shape index (κ1) is 11.9. The Balaban J connectivity index is 1.86. The van der Waals surface area contributed by atoms with E-state index in [-0.39, 0.29) is 11.1 Å².